The van der Waals surface area contributed by atoms with E-state index in [1.165, 1.54) is 6.20 Å². The Balaban J connectivity index is 1.59. The van der Waals surface area contributed by atoms with Crippen molar-refractivity contribution in [3.05, 3.63) is 41.7 Å². The van der Waals surface area contributed by atoms with Crippen molar-refractivity contribution in [2.45, 2.75) is 6.92 Å². The number of hydrogen-bond donors (Lipinski definition) is 4. The van der Waals surface area contributed by atoms with Gasteiger partial charge in [0.1, 0.15) is 17.5 Å². The SMILES string of the molecule is CNc1nc(Oc2cnc(C#N)cc2C)cc(Nc2ccc(N3CCOCC3)nn2)c1NN. The van der Waals surface area contributed by atoms with E-state index in [1.807, 2.05) is 25.1 Å². The van der Waals surface area contributed by atoms with E-state index in [9.17, 15) is 0 Å². The summed E-state index contributed by atoms with van der Waals surface area (Å²) in [7, 11) is 1.72. The molecule has 0 spiro atoms. The molecule has 0 amide bonds. The third-order valence-electron chi connectivity index (χ3n) is 5.02. The van der Waals surface area contributed by atoms with Crippen LogP contribution in [0.25, 0.3) is 0 Å². The molecule has 1 aliphatic heterocycles. The number of hydrogen-bond acceptors (Lipinski definition) is 12. The Morgan fingerprint density at radius 2 is 2.03 bits per heavy atom. The molecule has 4 heterocycles. The van der Waals surface area contributed by atoms with Crippen LogP contribution < -0.4 is 31.5 Å². The van der Waals surface area contributed by atoms with Crippen LogP contribution in [0.2, 0.25) is 0 Å². The van der Waals surface area contributed by atoms with Gasteiger partial charge in [0.2, 0.25) is 5.88 Å². The molecule has 1 aliphatic rings. The molecule has 5 N–H and O–H groups in total. The van der Waals surface area contributed by atoms with E-state index in [2.05, 4.69) is 41.1 Å². The molecule has 1 fully saturated rings. The van der Waals surface area contributed by atoms with Crippen LogP contribution in [-0.2, 0) is 4.74 Å². The highest BCUT2D eigenvalue weighted by molar-refractivity contribution is 5.83. The summed E-state index contributed by atoms with van der Waals surface area (Å²) < 4.78 is 11.3. The minimum atomic E-state index is 0.299. The van der Waals surface area contributed by atoms with Crippen molar-refractivity contribution in [1.82, 2.24) is 20.2 Å². The Bertz CT molecular complexity index is 1160. The van der Waals surface area contributed by atoms with Crippen molar-refractivity contribution in [2.24, 2.45) is 5.84 Å². The second kappa shape index (κ2) is 9.94. The van der Waals surface area contributed by atoms with Crippen LogP contribution in [0.15, 0.2) is 30.5 Å². The average Bonchev–Trinajstić information content (AvgIpc) is 2.86. The summed E-state index contributed by atoms with van der Waals surface area (Å²) in [6.45, 7) is 4.74. The lowest BCUT2D eigenvalue weighted by Crippen LogP contribution is -2.36. The molecule has 12 nitrogen and oxygen atoms in total. The number of aromatic nitrogens is 4. The summed E-state index contributed by atoms with van der Waals surface area (Å²) in [5, 5.41) is 23.8. The maximum absolute atomic E-state index is 9.02. The molecular formula is C21H24N10O2. The molecule has 0 aliphatic carbocycles. The number of morpholine rings is 1. The zero-order valence-corrected chi connectivity index (χ0v) is 18.3. The van der Waals surface area contributed by atoms with E-state index < -0.39 is 0 Å². The number of nitrogen functional groups attached to an aromatic ring is 1. The predicted octanol–water partition coefficient (Wildman–Crippen LogP) is 2.15. The quantitative estimate of drug-likeness (QED) is 0.308. The number of hydrazine groups is 1. The molecule has 3 aromatic rings. The molecule has 0 saturated carbocycles. The second-order valence-corrected chi connectivity index (χ2v) is 7.18. The fraction of sp³-hybridized carbons (Fsp3) is 0.286. The van der Waals surface area contributed by atoms with Crippen molar-refractivity contribution >= 4 is 28.8 Å². The van der Waals surface area contributed by atoms with Gasteiger partial charge in [0, 0.05) is 26.2 Å². The van der Waals surface area contributed by atoms with Crippen LogP contribution in [-0.4, -0.2) is 53.5 Å². The van der Waals surface area contributed by atoms with Crippen molar-refractivity contribution < 1.29 is 9.47 Å². The molecule has 33 heavy (non-hydrogen) atoms. The van der Waals surface area contributed by atoms with Crippen LogP contribution in [0, 0.1) is 18.3 Å². The third kappa shape index (κ3) is 5.00. The maximum Gasteiger partial charge on any atom is 0.223 e. The van der Waals surface area contributed by atoms with Crippen LogP contribution >= 0.6 is 0 Å². The first-order valence-corrected chi connectivity index (χ1v) is 10.3. The number of nitrogens with two attached hydrogens (primary N) is 1. The number of nitriles is 1. The van der Waals surface area contributed by atoms with Gasteiger partial charge in [0.05, 0.1) is 25.1 Å². The van der Waals surface area contributed by atoms with E-state index in [0.717, 1.165) is 24.5 Å². The predicted molar refractivity (Wildman–Crippen MR) is 124 cm³/mol. The highest BCUT2D eigenvalue weighted by Crippen LogP contribution is 2.35. The molecule has 1 saturated heterocycles. The van der Waals surface area contributed by atoms with Gasteiger partial charge in [-0.25, -0.2) is 4.98 Å². The Kier molecular flexibility index (Phi) is 6.63. The summed E-state index contributed by atoms with van der Waals surface area (Å²) in [6, 6.07) is 9.08. The molecule has 0 unspecified atom stereocenters. The van der Waals surface area contributed by atoms with Crippen molar-refractivity contribution in [3.63, 3.8) is 0 Å². The normalized spacial score (nSPS) is 13.2. The highest BCUT2D eigenvalue weighted by atomic mass is 16.5. The van der Waals surface area contributed by atoms with Gasteiger partial charge >= 0.3 is 0 Å². The van der Waals surface area contributed by atoms with Gasteiger partial charge in [-0.2, -0.15) is 10.2 Å². The second-order valence-electron chi connectivity index (χ2n) is 7.18. The van der Waals surface area contributed by atoms with Gasteiger partial charge in [-0.1, -0.05) is 0 Å². The summed E-state index contributed by atoms with van der Waals surface area (Å²) >= 11 is 0. The molecule has 0 aromatic carbocycles. The van der Waals surface area contributed by atoms with Crippen molar-refractivity contribution in [1.29, 1.82) is 5.26 Å². The van der Waals surface area contributed by atoms with Gasteiger partial charge in [-0.3, -0.25) is 5.84 Å². The molecule has 170 valence electrons. The zero-order valence-electron chi connectivity index (χ0n) is 18.3. The molecule has 3 aromatic heterocycles. The molecule has 0 radical (unpaired) electrons. The maximum atomic E-state index is 9.02. The lowest BCUT2D eigenvalue weighted by molar-refractivity contribution is 0.122. The number of anilines is 5. The van der Waals surface area contributed by atoms with Crippen LogP contribution in [0.1, 0.15) is 11.3 Å². The van der Waals surface area contributed by atoms with Gasteiger partial charge in [0.15, 0.2) is 23.2 Å². The number of nitrogens with zero attached hydrogens (tertiary/aromatic N) is 6. The van der Waals surface area contributed by atoms with Crippen LogP contribution in [0.5, 0.6) is 11.6 Å². The Morgan fingerprint density at radius 1 is 1.21 bits per heavy atom. The number of aryl methyl sites for hydroxylation is 1. The molecule has 4 rings (SSSR count). The molecule has 0 atom stereocenters. The number of nitrogens with one attached hydrogen (secondary N) is 3. The first-order valence-electron chi connectivity index (χ1n) is 10.3. The number of ether oxygens (including phenoxy) is 2. The number of pyridine rings is 2. The van der Waals surface area contributed by atoms with Crippen molar-refractivity contribution in [2.75, 3.05) is 54.3 Å². The Labute approximate surface area is 190 Å². The van der Waals surface area contributed by atoms with Crippen molar-refractivity contribution in [3.8, 4) is 17.7 Å². The fourth-order valence-electron chi connectivity index (χ4n) is 3.31. The first kappa shape index (κ1) is 22.0. The Hall–Kier alpha value is -4.21. The summed E-state index contributed by atoms with van der Waals surface area (Å²) in [5.41, 5.74) is 4.84. The zero-order chi connectivity index (χ0) is 23.2. The fourth-order valence-corrected chi connectivity index (χ4v) is 3.31. The van der Waals surface area contributed by atoms with Gasteiger partial charge in [0.25, 0.3) is 0 Å². The van der Waals surface area contributed by atoms with Gasteiger partial charge in [-0.05, 0) is 30.7 Å². The van der Waals surface area contributed by atoms with Gasteiger partial charge in [-0.15, -0.1) is 10.2 Å². The minimum absolute atomic E-state index is 0.299. The van der Waals surface area contributed by atoms with E-state index in [0.29, 0.717) is 53.5 Å². The van der Waals surface area contributed by atoms with E-state index >= 15 is 0 Å². The summed E-state index contributed by atoms with van der Waals surface area (Å²) in [5.74, 6) is 8.32. The minimum Gasteiger partial charge on any atom is -0.437 e. The van der Waals surface area contributed by atoms with Crippen LogP contribution in [0.3, 0.4) is 0 Å². The molecule has 12 heteroatoms. The average molecular weight is 448 g/mol. The lowest BCUT2D eigenvalue weighted by atomic mass is 10.2. The van der Waals surface area contributed by atoms with E-state index in [-0.39, 0.29) is 0 Å². The lowest BCUT2D eigenvalue weighted by Gasteiger charge is -2.27. The smallest absolute Gasteiger partial charge is 0.223 e. The Morgan fingerprint density at radius 3 is 2.67 bits per heavy atom. The van der Waals surface area contributed by atoms with Gasteiger partial charge < -0.3 is 30.4 Å². The van der Waals surface area contributed by atoms with E-state index in [4.69, 9.17) is 20.6 Å². The van der Waals surface area contributed by atoms with E-state index in [1.54, 1.807) is 19.2 Å². The molecule has 0 bridgehead atoms. The summed E-state index contributed by atoms with van der Waals surface area (Å²) in [6.07, 6.45) is 1.49. The third-order valence-corrected chi connectivity index (χ3v) is 5.02. The number of rotatable bonds is 7. The highest BCUT2D eigenvalue weighted by Gasteiger charge is 2.16. The van der Waals surface area contributed by atoms with Crippen LogP contribution in [0.4, 0.5) is 28.8 Å². The molecular weight excluding hydrogens is 424 g/mol. The summed E-state index contributed by atoms with van der Waals surface area (Å²) in [4.78, 5) is 10.6. The monoisotopic (exact) mass is 448 g/mol. The first-order chi connectivity index (χ1) is 16.1. The topological polar surface area (TPSA) is 159 Å². The standard InChI is InChI=1S/C21H24N10O2/c1-13-9-14(11-22)25-12-16(13)33-19-10-15(20(28-23)21(24-2)27-19)26-17-3-4-18(30-29-17)31-5-7-32-8-6-31/h3-4,9-10,12,28H,5-8,23H2,1-2H3,(H2,24,26,27,29). The largest absolute Gasteiger partial charge is 0.437 e.